The zero-order valence-corrected chi connectivity index (χ0v) is 39.1. The van der Waals surface area contributed by atoms with Gasteiger partial charge in [0.2, 0.25) is 18.8 Å². The van der Waals surface area contributed by atoms with E-state index in [1.165, 1.54) is 0 Å². The minimum atomic E-state index is -0.105. The number of rotatable bonds is 35. The Labute approximate surface area is 389 Å². The molecule has 0 aliphatic carbocycles. The molecule has 2 amide bonds. The molecule has 12 nitrogen and oxygen atoms in total. The standard InChI is InChI=1S/C50H70N6O6S2/c1-2-3-14-45(22-16-43-18-24-47(25-19-43)54(30-6-10-35-57)31-7-11-36-58)53-41-49(61)51-28-39-63-64-40-29-52-50(62)42-56-34-5-4-15-46(56)23-17-44-20-26-48(27-21-44)55(32-8-12-37-59)33-9-13-38-60/h2-5,14-27,34,57-60H,1,6-13,28-33,35-42H2,(H-,51,52,61,62)/p+2/b14-3-,22-16+,53-45?. The summed E-state index contributed by atoms with van der Waals surface area (Å²) in [6.45, 7) is 9.35. The van der Waals surface area contributed by atoms with E-state index in [9.17, 15) is 30.0 Å². The molecule has 0 unspecified atom stereocenters. The van der Waals surface area contributed by atoms with Gasteiger partial charge < -0.3 is 40.9 Å². The first-order valence-electron chi connectivity index (χ1n) is 22.6. The first-order chi connectivity index (χ1) is 31.4. The van der Waals surface area contributed by atoms with Gasteiger partial charge in [0.05, 0.1) is 0 Å². The molecule has 1 heterocycles. The number of nitrogens with zero attached hydrogens (tertiary/aromatic N) is 3. The second kappa shape index (κ2) is 34.7. The maximum atomic E-state index is 12.8. The van der Waals surface area contributed by atoms with Crippen molar-refractivity contribution in [2.24, 2.45) is 0 Å². The summed E-state index contributed by atoms with van der Waals surface area (Å²) >= 11 is 0. The molecule has 0 radical (unpaired) electrons. The molecular formula is C50H72N6O6S2+2. The van der Waals surface area contributed by atoms with E-state index < -0.39 is 0 Å². The van der Waals surface area contributed by atoms with Crippen LogP contribution in [0.3, 0.4) is 0 Å². The lowest BCUT2D eigenvalue weighted by Crippen LogP contribution is -2.75. The molecule has 0 atom stereocenters. The van der Waals surface area contributed by atoms with Gasteiger partial charge >= 0.3 is 0 Å². The van der Waals surface area contributed by atoms with Gasteiger partial charge in [0, 0.05) is 119 Å². The van der Waals surface area contributed by atoms with Crippen molar-refractivity contribution in [2.45, 2.75) is 57.9 Å². The average Bonchev–Trinajstić information content (AvgIpc) is 3.31. The number of unbranched alkanes of at least 4 members (excludes halogenated alkanes) is 4. The van der Waals surface area contributed by atoms with Gasteiger partial charge in [-0.3, -0.25) is 9.59 Å². The van der Waals surface area contributed by atoms with E-state index >= 15 is 0 Å². The first-order valence-corrected chi connectivity index (χ1v) is 25.0. The van der Waals surface area contributed by atoms with Gasteiger partial charge in [0.25, 0.3) is 11.8 Å². The molecule has 7 N–H and O–H groups in total. The molecular weight excluding hydrogens is 845 g/mol. The summed E-state index contributed by atoms with van der Waals surface area (Å²) in [5.74, 6) is 1.31. The van der Waals surface area contributed by atoms with Crippen LogP contribution in [0.2, 0.25) is 0 Å². The third kappa shape index (κ3) is 23.3. The monoisotopic (exact) mass is 916 g/mol. The molecule has 14 heteroatoms. The van der Waals surface area contributed by atoms with Gasteiger partial charge in [-0.25, -0.2) is 4.99 Å². The van der Waals surface area contributed by atoms with Gasteiger partial charge in [0.1, 0.15) is 0 Å². The number of allylic oxidation sites excluding steroid dienone is 4. The Morgan fingerprint density at radius 3 is 1.62 bits per heavy atom. The molecule has 0 saturated heterocycles. The number of hydrogen-bond acceptors (Lipinski definition) is 10. The van der Waals surface area contributed by atoms with Crippen LogP contribution in [-0.2, 0) is 16.1 Å². The Kier molecular flexibility index (Phi) is 29.1. The quantitative estimate of drug-likeness (QED) is 0.0148. The lowest BCUT2D eigenvalue weighted by molar-refractivity contribution is -0.686. The number of aromatic nitrogens is 1. The SMILES string of the molecule is C=C/C=C\C(/C=C/c1ccc(N(CCCCO)CCCCO)cc1)=[NH+]CC(=O)NCCSSCCNC(=O)C[n+]1ccccc1/C=C/c1ccc(N(CCCCO)CCCCO)cc1. The normalized spacial score (nSPS) is 11.8. The average molecular weight is 917 g/mol. The smallest absolute Gasteiger partial charge is 0.286 e. The van der Waals surface area contributed by atoms with E-state index in [-0.39, 0.29) is 51.3 Å². The lowest BCUT2D eigenvalue weighted by Gasteiger charge is -2.25. The Morgan fingerprint density at radius 1 is 0.625 bits per heavy atom. The summed E-state index contributed by atoms with van der Waals surface area (Å²) in [6, 6.07) is 22.5. The summed E-state index contributed by atoms with van der Waals surface area (Å²) in [5.41, 5.74) is 6.00. The summed E-state index contributed by atoms with van der Waals surface area (Å²) < 4.78 is 1.93. The fourth-order valence-corrected chi connectivity index (χ4v) is 8.34. The number of pyridine rings is 1. The van der Waals surface area contributed by atoms with Crippen LogP contribution in [0, 0.1) is 0 Å². The maximum Gasteiger partial charge on any atom is 0.286 e. The molecule has 3 rings (SSSR count). The maximum absolute atomic E-state index is 12.8. The minimum absolute atomic E-state index is 0.0613. The lowest BCUT2D eigenvalue weighted by atomic mass is 10.1. The Morgan fingerprint density at radius 2 is 1.12 bits per heavy atom. The zero-order chi connectivity index (χ0) is 45.9. The molecule has 348 valence electrons. The van der Waals surface area contributed by atoms with Crippen LogP contribution in [0.1, 0.15) is 68.2 Å². The van der Waals surface area contributed by atoms with Crippen molar-refractivity contribution in [2.75, 3.05) is 93.5 Å². The van der Waals surface area contributed by atoms with E-state index in [0.29, 0.717) is 13.1 Å². The summed E-state index contributed by atoms with van der Waals surface area (Å²) in [5, 5.41) is 42.8. The van der Waals surface area contributed by atoms with E-state index in [1.54, 1.807) is 27.7 Å². The summed E-state index contributed by atoms with van der Waals surface area (Å²) in [7, 11) is 3.31. The molecule has 0 fully saturated rings. The van der Waals surface area contributed by atoms with Crippen LogP contribution in [0.15, 0.2) is 104 Å². The van der Waals surface area contributed by atoms with E-state index in [2.05, 4.69) is 80.5 Å². The number of carbonyl (C=O) groups is 2. The van der Waals surface area contributed by atoms with Crippen LogP contribution < -0.4 is 30.0 Å². The Bertz CT molecular complexity index is 1850. The van der Waals surface area contributed by atoms with Crippen molar-refractivity contribution in [1.82, 2.24) is 10.6 Å². The molecule has 0 bridgehead atoms. The highest BCUT2D eigenvalue weighted by Crippen LogP contribution is 2.21. The highest BCUT2D eigenvalue weighted by Gasteiger charge is 2.13. The molecule has 64 heavy (non-hydrogen) atoms. The highest BCUT2D eigenvalue weighted by atomic mass is 33.1. The van der Waals surface area contributed by atoms with Crippen LogP contribution in [0.4, 0.5) is 11.4 Å². The molecule has 0 aliphatic rings. The van der Waals surface area contributed by atoms with Crippen LogP contribution in [0.25, 0.3) is 18.2 Å². The first kappa shape index (κ1) is 53.6. The number of carbonyl (C=O) groups excluding carboxylic acids is 2. The number of aliphatic hydroxyl groups is 4. The number of aliphatic hydroxyl groups excluding tert-OH is 4. The largest absolute Gasteiger partial charge is 0.396 e. The fourth-order valence-electron chi connectivity index (χ4n) is 6.53. The Balaban J connectivity index is 1.37. The van der Waals surface area contributed by atoms with Gasteiger partial charge in [-0.15, -0.1) is 0 Å². The van der Waals surface area contributed by atoms with Crippen LogP contribution in [0.5, 0.6) is 0 Å². The number of hydrogen-bond donors (Lipinski definition) is 7. The van der Waals surface area contributed by atoms with Crippen molar-refractivity contribution in [1.29, 1.82) is 0 Å². The van der Waals surface area contributed by atoms with Crippen LogP contribution in [-0.4, -0.2) is 122 Å². The summed E-state index contributed by atoms with van der Waals surface area (Å²) in [6.07, 6.45) is 22.0. The molecule has 0 aliphatic heterocycles. The minimum Gasteiger partial charge on any atom is -0.396 e. The second-order valence-corrected chi connectivity index (χ2v) is 17.7. The van der Waals surface area contributed by atoms with Gasteiger partial charge in [-0.2, -0.15) is 4.57 Å². The third-order valence-electron chi connectivity index (χ3n) is 10.0. The highest BCUT2D eigenvalue weighted by molar-refractivity contribution is 8.76. The predicted octanol–water partition coefficient (Wildman–Crippen LogP) is 4.44. The van der Waals surface area contributed by atoms with Gasteiger partial charge in [-0.1, -0.05) is 64.6 Å². The molecule has 1 aromatic heterocycles. The Hall–Kier alpha value is -4.70. The van der Waals surface area contributed by atoms with Crippen molar-refractivity contribution >= 4 is 68.7 Å². The van der Waals surface area contributed by atoms with Crippen molar-refractivity contribution in [3.63, 3.8) is 0 Å². The second-order valence-electron chi connectivity index (χ2n) is 15.0. The van der Waals surface area contributed by atoms with Gasteiger partial charge in [0.15, 0.2) is 11.9 Å². The third-order valence-corrected chi connectivity index (χ3v) is 12.4. The fraction of sp³-hybridized carbons (Fsp3) is 0.440. The number of nitrogens with one attached hydrogen (secondary N) is 3. The molecule has 2 aromatic carbocycles. The predicted molar refractivity (Wildman–Crippen MR) is 268 cm³/mol. The van der Waals surface area contributed by atoms with Crippen LogP contribution >= 0.6 is 21.6 Å². The molecule has 0 spiro atoms. The van der Waals surface area contributed by atoms with E-state index in [4.69, 9.17) is 0 Å². The molecule has 3 aromatic rings. The topological polar surface area (TPSA) is 163 Å². The van der Waals surface area contributed by atoms with E-state index in [0.717, 1.165) is 123 Å². The number of amides is 2. The van der Waals surface area contributed by atoms with Crippen molar-refractivity contribution in [3.8, 4) is 0 Å². The van der Waals surface area contributed by atoms with Crippen molar-refractivity contribution in [3.05, 3.63) is 121 Å². The van der Waals surface area contributed by atoms with Crippen molar-refractivity contribution < 1.29 is 39.6 Å². The number of anilines is 2. The zero-order valence-electron chi connectivity index (χ0n) is 37.5. The summed E-state index contributed by atoms with van der Waals surface area (Å²) in [4.78, 5) is 33.3. The van der Waals surface area contributed by atoms with Gasteiger partial charge in [-0.05, 0) is 105 Å². The molecule has 0 saturated carbocycles. The number of benzene rings is 2. The van der Waals surface area contributed by atoms with E-state index in [1.807, 2.05) is 65.4 Å².